The second kappa shape index (κ2) is 5.77. The largest absolute Gasteiger partial charge is 0.308 e. The molecule has 0 bridgehead atoms. The van der Waals surface area contributed by atoms with Gasteiger partial charge >= 0.3 is 0 Å². The number of nitrogens with zero attached hydrogens (tertiary/aromatic N) is 1. The zero-order chi connectivity index (χ0) is 11.4. The fourth-order valence-electron chi connectivity index (χ4n) is 1.33. The molecule has 1 N–H and O–H groups in total. The number of hydrogen-bond acceptors (Lipinski definition) is 3. The first-order chi connectivity index (χ1) is 7.75. The average Bonchev–Trinajstić information content (AvgIpc) is 2.67. The summed E-state index contributed by atoms with van der Waals surface area (Å²) in [5, 5.41) is 6.03. The summed E-state index contributed by atoms with van der Waals surface area (Å²) >= 11 is 11.1. The Morgan fingerprint density at radius 2 is 2.31 bits per heavy atom. The molecule has 2 heterocycles. The van der Waals surface area contributed by atoms with Crippen molar-refractivity contribution in [2.75, 3.05) is 0 Å². The zero-order valence-electron chi connectivity index (χ0n) is 8.41. The van der Waals surface area contributed by atoms with Gasteiger partial charge in [0.1, 0.15) is 5.15 Å². The van der Waals surface area contributed by atoms with Crippen molar-refractivity contribution in [1.29, 1.82) is 0 Å². The van der Waals surface area contributed by atoms with Gasteiger partial charge < -0.3 is 5.32 Å². The summed E-state index contributed by atoms with van der Waals surface area (Å²) in [6.07, 6.45) is 1.70. The van der Waals surface area contributed by atoms with Gasteiger partial charge in [-0.2, -0.15) is 0 Å². The maximum Gasteiger partial charge on any atom is 0.133 e. The molecule has 2 aromatic rings. The zero-order valence-corrected chi connectivity index (χ0v) is 11.6. The van der Waals surface area contributed by atoms with Crippen molar-refractivity contribution in [3.05, 3.63) is 49.8 Å². The Hall–Kier alpha value is -0.420. The number of halogens is 2. The Morgan fingerprint density at radius 1 is 1.44 bits per heavy atom. The van der Waals surface area contributed by atoms with Crippen LogP contribution < -0.4 is 5.32 Å². The second-order valence-electron chi connectivity index (χ2n) is 3.32. The van der Waals surface area contributed by atoms with Gasteiger partial charge in [0.25, 0.3) is 0 Å². The quantitative estimate of drug-likeness (QED) is 0.866. The molecule has 0 saturated heterocycles. The van der Waals surface area contributed by atoms with E-state index in [4.69, 9.17) is 11.6 Å². The van der Waals surface area contributed by atoms with Gasteiger partial charge in [0.05, 0.1) is 3.79 Å². The first-order valence-electron chi connectivity index (χ1n) is 4.79. The highest BCUT2D eigenvalue weighted by atomic mass is 79.9. The van der Waals surface area contributed by atoms with E-state index in [1.807, 2.05) is 12.1 Å². The van der Waals surface area contributed by atoms with Crippen LogP contribution in [0.3, 0.4) is 0 Å². The van der Waals surface area contributed by atoms with Crippen LogP contribution in [0.25, 0.3) is 0 Å². The molecule has 2 aromatic heterocycles. The van der Waals surface area contributed by atoms with Crippen LogP contribution >= 0.6 is 38.9 Å². The van der Waals surface area contributed by atoms with Gasteiger partial charge in [-0.05, 0) is 39.0 Å². The van der Waals surface area contributed by atoms with E-state index in [9.17, 15) is 0 Å². The van der Waals surface area contributed by atoms with Crippen LogP contribution in [0.5, 0.6) is 0 Å². The molecule has 0 aromatic carbocycles. The Bertz CT molecular complexity index is 473. The third-order valence-electron chi connectivity index (χ3n) is 2.10. The predicted octanol–water partition coefficient (Wildman–Crippen LogP) is 3.85. The van der Waals surface area contributed by atoms with Crippen molar-refractivity contribution in [2.45, 2.75) is 13.1 Å². The standard InChI is InChI=1S/C11H10BrClN2S/c12-10-4-8(7-16-10)5-14-6-9-2-1-3-15-11(9)13/h1-4,7,14H,5-6H2. The maximum atomic E-state index is 5.95. The summed E-state index contributed by atoms with van der Waals surface area (Å²) in [4.78, 5) is 4.03. The van der Waals surface area contributed by atoms with Gasteiger partial charge in [-0.25, -0.2) is 4.98 Å². The minimum atomic E-state index is 0.571. The fraction of sp³-hybridized carbons (Fsp3) is 0.182. The van der Waals surface area contributed by atoms with Gasteiger partial charge in [0.2, 0.25) is 0 Å². The molecule has 0 aliphatic heterocycles. The van der Waals surface area contributed by atoms with Crippen LogP contribution in [0.15, 0.2) is 33.6 Å². The van der Waals surface area contributed by atoms with Crippen molar-refractivity contribution in [1.82, 2.24) is 10.3 Å². The summed E-state index contributed by atoms with van der Waals surface area (Å²) in [5.74, 6) is 0. The second-order valence-corrected chi connectivity index (χ2v) is 5.96. The molecular formula is C11H10BrClN2S. The minimum absolute atomic E-state index is 0.571. The van der Waals surface area contributed by atoms with Crippen molar-refractivity contribution >= 4 is 38.9 Å². The first kappa shape index (κ1) is 12.0. The minimum Gasteiger partial charge on any atom is -0.308 e. The fourth-order valence-corrected chi connectivity index (χ4v) is 2.73. The van der Waals surface area contributed by atoms with Crippen LogP contribution in [-0.4, -0.2) is 4.98 Å². The molecule has 16 heavy (non-hydrogen) atoms. The number of pyridine rings is 1. The highest BCUT2D eigenvalue weighted by molar-refractivity contribution is 9.11. The maximum absolute atomic E-state index is 5.95. The van der Waals surface area contributed by atoms with Crippen LogP contribution in [-0.2, 0) is 13.1 Å². The number of nitrogens with one attached hydrogen (secondary N) is 1. The van der Waals surface area contributed by atoms with E-state index in [1.54, 1.807) is 17.5 Å². The van der Waals surface area contributed by atoms with E-state index in [1.165, 1.54) is 5.56 Å². The summed E-state index contributed by atoms with van der Waals surface area (Å²) < 4.78 is 1.16. The van der Waals surface area contributed by atoms with E-state index < -0.39 is 0 Å². The van der Waals surface area contributed by atoms with Gasteiger partial charge in [-0.3, -0.25) is 0 Å². The van der Waals surface area contributed by atoms with Crippen LogP contribution in [0.2, 0.25) is 5.15 Å². The van der Waals surface area contributed by atoms with Gasteiger partial charge in [-0.15, -0.1) is 11.3 Å². The Morgan fingerprint density at radius 3 is 3.00 bits per heavy atom. The molecule has 0 fully saturated rings. The van der Waals surface area contributed by atoms with E-state index in [0.29, 0.717) is 5.15 Å². The summed E-state index contributed by atoms with van der Waals surface area (Å²) in [6, 6.07) is 5.98. The lowest BCUT2D eigenvalue weighted by Gasteiger charge is -2.04. The molecule has 0 spiro atoms. The van der Waals surface area contributed by atoms with Crippen LogP contribution in [0.4, 0.5) is 0 Å². The molecule has 0 unspecified atom stereocenters. The monoisotopic (exact) mass is 316 g/mol. The number of thiophene rings is 1. The lowest BCUT2D eigenvalue weighted by molar-refractivity contribution is 0.693. The number of rotatable bonds is 4. The van der Waals surface area contributed by atoms with E-state index >= 15 is 0 Å². The summed E-state index contributed by atoms with van der Waals surface area (Å²) in [7, 11) is 0. The lowest BCUT2D eigenvalue weighted by Crippen LogP contribution is -2.12. The molecule has 0 radical (unpaired) electrons. The van der Waals surface area contributed by atoms with E-state index in [2.05, 4.69) is 37.7 Å². The first-order valence-corrected chi connectivity index (χ1v) is 6.84. The molecule has 0 aliphatic rings. The SMILES string of the molecule is Clc1ncccc1CNCc1csc(Br)c1. The molecule has 0 atom stereocenters. The van der Waals surface area contributed by atoms with Crippen molar-refractivity contribution < 1.29 is 0 Å². The van der Waals surface area contributed by atoms with Crippen molar-refractivity contribution in [3.63, 3.8) is 0 Å². The molecule has 0 aliphatic carbocycles. The lowest BCUT2D eigenvalue weighted by atomic mass is 10.2. The molecule has 2 rings (SSSR count). The van der Waals surface area contributed by atoms with Crippen LogP contribution in [0, 0.1) is 0 Å². The topological polar surface area (TPSA) is 24.9 Å². The Balaban J connectivity index is 1.87. The smallest absolute Gasteiger partial charge is 0.133 e. The van der Waals surface area contributed by atoms with Gasteiger partial charge in [0, 0.05) is 24.8 Å². The normalized spacial score (nSPS) is 10.6. The molecule has 84 valence electrons. The average molecular weight is 318 g/mol. The van der Waals surface area contributed by atoms with Crippen LogP contribution in [0.1, 0.15) is 11.1 Å². The third kappa shape index (κ3) is 3.28. The number of hydrogen-bond donors (Lipinski definition) is 1. The third-order valence-corrected chi connectivity index (χ3v) is 4.00. The highest BCUT2D eigenvalue weighted by Crippen LogP contribution is 2.20. The Labute approximate surface area is 112 Å². The molecule has 2 nitrogen and oxygen atoms in total. The summed E-state index contributed by atoms with van der Waals surface area (Å²) in [6.45, 7) is 1.58. The summed E-state index contributed by atoms with van der Waals surface area (Å²) in [5.41, 5.74) is 2.30. The van der Waals surface area contributed by atoms with E-state index in [-0.39, 0.29) is 0 Å². The van der Waals surface area contributed by atoms with E-state index in [0.717, 1.165) is 22.4 Å². The molecular weight excluding hydrogens is 308 g/mol. The van der Waals surface area contributed by atoms with Crippen molar-refractivity contribution in [3.8, 4) is 0 Å². The number of aromatic nitrogens is 1. The molecule has 0 amide bonds. The molecule has 0 saturated carbocycles. The van der Waals surface area contributed by atoms with Gasteiger partial charge in [-0.1, -0.05) is 17.7 Å². The van der Waals surface area contributed by atoms with Crippen molar-refractivity contribution in [2.24, 2.45) is 0 Å². The molecule has 5 heteroatoms. The Kier molecular flexibility index (Phi) is 4.35. The van der Waals surface area contributed by atoms with Gasteiger partial charge in [0.15, 0.2) is 0 Å². The predicted molar refractivity (Wildman–Crippen MR) is 71.8 cm³/mol. The highest BCUT2D eigenvalue weighted by Gasteiger charge is 2.00.